The Balaban J connectivity index is 1.82. The largest absolute Gasteiger partial charge is 0.379 e. The maximum absolute atomic E-state index is 8.94. The molecule has 124 valence electrons. The molecule has 1 heterocycles. The predicted molar refractivity (Wildman–Crippen MR) is 91.2 cm³/mol. The van der Waals surface area contributed by atoms with Crippen LogP contribution in [-0.4, -0.2) is 56.8 Å². The summed E-state index contributed by atoms with van der Waals surface area (Å²) in [6.45, 7) is 8.90. The lowest BCUT2D eigenvalue weighted by Gasteiger charge is -2.26. The van der Waals surface area contributed by atoms with E-state index in [0.29, 0.717) is 12.1 Å². The van der Waals surface area contributed by atoms with Crippen molar-refractivity contribution in [3.05, 3.63) is 35.4 Å². The van der Waals surface area contributed by atoms with Gasteiger partial charge in [-0.25, -0.2) is 4.99 Å². The Labute approximate surface area is 138 Å². The van der Waals surface area contributed by atoms with E-state index in [-0.39, 0.29) is 0 Å². The SMILES string of the molecule is CCNC(=NCc1cccc(C#N)c1)NCCN1CCOCC1. The van der Waals surface area contributed by atoms with Gasteiger partial charge in [0.2, 0.25) is 0 Å². The van der Waals surface area contributed by atoms with Crippen LogP contribution in [0.1, 0.15) is 18.1 Å². The van der Waals surface area contributed by atoms with Crippen molar-refractivity contribution in [2.75, 3.05) is 45.9 Å². The third kappa shape index (κ3) is 6.27. The fraction of sp³-hybridized carbons (Fsp3) is 0.529. The zero-order valence-corrected chi connectivity index (χ0v) is 13.7. The normalized spacial score (nSPS) is 15.9. The molecule has 0 atom stereocenters. The number of nitriles is 1. The minimum atomic E-state index is 0.558. The lowest BCUT2D eigenvalue weighted by molar-refractivity contribution is 0.0389. The Bertz CT molecular complexity index is 546. The molecule has 0 saturated carbocycles. The minimum Gasteiger partial charge on any atom is -0.379 e. The molecule has 0 bridgehead atoms. The molecular formula is C17H25N5O. The summed E-state index contributed by atoms with van der Waals surface area (Å²) >= 11 is 0. The van der Waals surface area contributed by atoms with E-state index < -0.39 is 0 Å². The molecule has 1 aliphatic rings. The highest BCUT2D eigenvalue weighted by Gasteiger charge is 2.09. The zero-order chi connectivity index (χ0) is 16.3. The van der Waals surface area contributed by atoms with Crippen LogP contribution < -0.4 is 10.6 Å². The highest BCUT2D eigenvalue weighted by molar-refractivity contribution is 5.79. The van der Waals surface area contributed by atoms with Crippen molar-refractivity contribution in [1.82, 2.24) is 15.5 Å². The number of nitrogens with one attached hydrogen (secondary N) is 2. The van der Waals surface area contributed by atoms with Gasteiger partial charge in [-0.1, -0.05) is 12.1 Å². The van der Waals surface area contributed by atoms with Crippen LogP contribution in [-0.2, 0) is 11.3 Å². The number of rotatable bonds is 6. The zero-order valence-electron chi connectivity index (χ0n) is 13.7. The number of hydrogen-bond donors (Lipinski definition) is 2. The Morgan fingerprint density at radius 3 is 2.91 bits per heavy atom. The van der Waals surface area contributed by atoms with Crippen molar-refractivity contribution < 1.29 is 4.74 Å². The first-order chi connectivity index (χ1) is 11.3. The van der Waals surface area contributed by atoms with E-state index in [9.17, 15) is 0 Å². The molecular weight excluding hydrogens is 290 g/mol. The molecule has 23 heavy (non-hydrogen) atoms. The number of hydrogen-bond acceptors (Lipinski definition) is 4. The summed E-state index contributed by atoms with van der Waals surface area (Å²) in [4.78, 5) is 6.97. The Morgan fingerprint density at radius 2 is 2.17 bits per heavy atom. The summed E-state index contributed by atoms with van der Waals surface area (Å²) in [5.74, 6) is 0.808. The van der Waals surface area contributed by atoms with E-state index in [1.54, 1.807) is 6.07 Å². The van der Waals surface area contributed by atoms with E-state index in [2.05, 4.69) is 33.5 Å². The van der Waals surface area contributed by atoms with Gasteiger partial charge in [0.1, 0.15) is 0 Å². The molecule has 1 aliphatic heterocycles. The monoisotopic (exact) mass is 315 g/mol. The van der Waals surface area contributed by atoms with Crippen LogP contribution in [0.2, 0.25) is 0 Å². The van der Waals surface area contributed by atoms with Crippen LogP contribution in [0.3, 0.4) is 0 Å². The maximum atomic E-state index is 8.94. The van der Waals surface area contributed by atoms with Gasteiger partial charge in [-0.15, -0.1) is 0 Å². The molecule has 0 unspecified atom stereocenters. The fourth-order valence-corrected chi connectivity index (χ4v) is 2.41. The van der Waals surface area contributed by atoms with E-state index in [1.807, 2.05) is 18.2 Å². The molecule has 2 rings (SSSR count). The third-order valence-electron chi connectivity index (χ3n) is 3.64. The van der Waals surface area contributed by atoms with Gasteiger partial charge in [-0.3, -0.25) is 4.90 Å². The molecule has 0 radical (unpaired) electrons. The molecule has 1 saturated heterocycles. The molecule has 0 aromatic heterocycles. The van der Waals surface area contributed by atoms with Gasteiger partial charge in [0.15, 0.2) is 5.96 Å². The van der Waals surface area contributed by atoms with Gasteiger partial charge < -0.3 is 15.4 Å². The van der Waals surface area contributed by atoms with Crippen LogP contribution in [0, 0.1) is 11.3 Å². The molecule has 1 aromatic rings. The van der Waals surface area contributed by atoms with Crippen molar-refractivity contribution in [3.63, 3.8) is 0 Å². The topological polar surface area (TPSA) is 72.7 Å². The number of morpholine rings is 1. The summed E-state index contributed by atoms with van der Waals surface area (Å²) in [7, 11) is 0. The first-order valence-corrected chi connectivity index (χ1v) is 8.13. The number of aliphatic imine (C=N–C) groups is 1. The molecule has 0 spiro atoms. The number of guanidine groups is 1. The second kappa shape index (κ2) is 9.82. The lowest BCUT2D eigenvalue weighted by Crippen LogP contribution is -2.44. The van der Waals surface area contributed by atoms with Crippen molar-refractivity contribution in [3.8, 4) is 6.07 Å². The average molecular weight is 315 g/mol. The van der Waals surface area contributed by atoms with E-state index in [4.69, 9.17) is 10.00 Å². The molecule has 0 amide bonds. The van der Waals surface area contributed by atoms with Gasteiger partial charge in [-0.05, 0) is 24.6 Å². The predicted octanol–water partition coefficient (Wildman–Crippen LogP) is 0.946. The highest BCUT2D eigenvalue weighted by Crippen LogP contribution is 2.05. The van der Waals surface area contributed by atoms with Crippen LogP contribution in [0.5, 0.6) is 0 Å². The van der Waals surface area contributed by atoms with Gasteiger partial charge in [-0.2, -0.15) is 5.26 Å². The third-order valence-corrected chi connectivity index (χ3v) is 3.64. The molecule has 2 N–H and O–H groups in total. The summed E-state index contributed by atoms with van der Waals surface area (Å²) in [5.41, 5.74) is 1.71. The standard InChI is InChI=1S/C17H25N5O/c1-2-19-17(20-6-7-22-8-10-23-11-9-22)21-14-16-5-3-4-15(12-16)13-18/h3-5,12H,2,6-11,14H2,1H3,(H2,19,20,21). The fourth-order valence-electron chi connectivity index (χ4n) is 2.41. The molecule has 6 nitrogen and oxygen atoms in total. The first-order valence-electron chi connectivity index (χ1n) is 8.13. The van der Waals surface area contributed by atoms with E-state index >= 15 is 0 Å². The lowest BCUT2D eigenvalue weighted by atomic mass is 10.1. The second-order valence-corrected chi connectivity index (χ2v) is 5.39. The van der Waals surface area contributed by atoms with E-state index in [1.165, 1.54) is 0 Å². The summed E-state index contributed by atoms with van der Waals surface area (Å²) in [6.07, 6.45) is 0. The van der Waals surface area contributed by atoms with Crippen molar-refractivity contribution >= 4 is 5.96 Å². The Kier molecular flexibility index (Phi) is 7.37. The first kappa shape index (κ1) is 17.3. The quantitative estimate of drug-likeness (QED) is 0.604. The van der Waals surface area contributed by atoms with Gasteiger partial charge >= 0.3 is 0 Å². The van der Waals surface area contributed by atoms with Crippen molar-refractivity contribution in [2.45, 2.75) is 13.5 Å². The summed E-state index contributed by atoms with van der Waals surface area (Å²) < 4.78 is 5.35. The molecule has 6 heteroatoms. The van der Waals surface area contributed by atoms with Crippen LogP contribution in [0.25, 0.3) is 0 Å². The molecule has 1 aromatic carbocycles. The molecule has 0 aliphatic carbocycles. The smallest absolute Gasteiger partial charge is 0.191 e. The maximum Gasteiger partial charge on any atom is 0.191 e. The number of nitrogens with zero attached hydrogens (tertiary/aromatic N) is 3. The van der Waals surface area contributed by atoms with Crippen molar-refractivity contribution in [1.29, 1.82) is 5.26 Å². The van der Waals surface area contributed by atoms with Crippen molar-refractivity contribution in [2.24, 2.45) is 4.99 Å². The van der Waals surface area contributed by atoms with E-state index in [0.717, 1.165) is 57.5 Å². The Morgan fingerprint density at radius 1 is 1.35 bits per heavy atom. The average Bonchev–Trinajstić information content (AvgIpc) is 2.61. The van der Waals surface area contributed by atoms with Gasteiger partial charge in [0.25, 0.3) is 0 Å². The van der Waals surface area contributed by atoms with Crippen LogP contribution in [0.15, 0.2) is 29.3 Å². The Hall–Kier alpha value is -2.10. The summed E-state index contributed by atoms with van der Waals surface area (Å²) in [5, 5.41) is 15.5. The minimum absolute atomic E-state index is 0.558. The highest BCUT2D eigenvalue weighted by atomic mass is 16.5. The van der Waals surface area contributed by atoms with Crippen LogP contribution >= 0.6 is 0 Å². The van der Waals surface area contributed by atoms with Gasteiger partial charge in [0.05, 0.1) is 31.4 Å². The van der Waals surface area contributed by atoms with Gasteiger partial charge in [0, 0.05) is 32.7 Å². The molecule has 1 fully saturated rings. The second-order valence-electron chi connectivity index (χ2n) is 5.39. The number of ether oxygens (including phenoxy) is 1. The summed E-state index contributed by atoms with van der Waals surface area (Å²) in [6, 6.07) is 9.71. The number of benzene rings is 1. The van der Waals surface area contributed by atoms with Crippen LogP contribution in [0.4, 0.5) is 0 Å².